The molecule has 0 aliphatic rings. The van der Waals surface area contributed by atoms with Crippen LogP contribution >= 0.6 is 11.8 Å². The van der Waals surface area contributed by atoms with E-state index < -0.39 is 0 Å². The van der Waals surface area contributed by atoms with Gasteiger partial charge < -0.3 is 0 Å². The zero-order valence-electron chi connectivity index (χ0n) is 10.2. The fraction of sp³-hybridized carbons (Fsp3) is 0.833. The van der Waals surface area contributed by atoms with Crippen LogP contribution in [0.15, 0.2) is 11.6 Å². The Morgan fingerprint density at radius 2 is 1.62 bits per heavy atom. The molecule has 0 fully saturated rings. The summed E-state index contributed by atoms with van der Waals surface area (Å²) in [5, 5.41) is 0. The Labute approximate surface area is 88.2 Å². The third kappa shape index (κ3) is 3.76. The SMILES string of the molecule is CSC(C)(C)C(C)(C)CC=C(C)C. The Bertz CT molecular complexity index is 183. The lowest BCUT2D eigenvalue weighted by Gasteiger charge is -2.40. The summed E-state index contributed by atoms with van der Waals surface area (Å²) in [7, 11) is 0. The van der Waals surface area contributed by atoms with Gasteiger partial charge in [0.15, 0.2) is 0 Å². The third-order valence-corrected chi connectivity index (χ3v) is 4.73. The van der Waals surface area contributed by atoms with Crippen molar-refractivity contribution >= 4 is 11.8 Å². The van der Waals surface area contributed by atoms with Crippen LogP contribution in [0.25, 0.3) is 0 Å². The van der Waals surface area contributed by atoms with E-state index in [4.69, 9.17) is 0 Å². The van der Waals surface area contributed by atoms with Crippen LogP contribution in [-0.2, 0) is 0 Å². The highest BCUT2D eigenvalue weighted by molar-refractivity contribution is 7.99. The maximum atomic E-state index is 2.35. The van der Waals surface area contributed by atoms with Gasteiger partial charge in [-0.3, -0.25) is 0 Å². The average molecular weight is 200 g/mol. The molecule has 0 rings (SSSR count). The molecule has 0 amide bonds. The van der Waals surface area contributed by atoms with Crippen LogP contribution in [0.2, 0.25) is 0 Å². The van der Waals surface area contributed by atoms with Crippen LogP contribution < -0.4 is 0 Å². The lowest BCUT2D eigenvalue weighted by molar-refractivity contribution is 0.287. The van der Waals surface area contributed by atoms with Gasteiger partial charge >= 0.3 is 0 Å². The standard InChI is InChI=1S/C12H24S/c1-10(2)8-9-11(3,4)12(5,6)13-7/h8H,9H2,1-7H3. The Hall–Kier alpha value is 0.0900. The lowest BCUT2D eigenvalue weighted by Crippen LogP contribution is -2.35. The molecule has 0 spiro atoms. The van der Waals surface area contributed by atoms with E-state index in [1.54, 1.807) is 0 Å². The van der Waals surface area contributed by atoms with Gasteiger partial charge in [0.25, 0.3) is 0 Å². The number of hydrogen-bond donors (Lipinski definition) is 0. The molecule has 0 nitrogen and oxygen atoms in total. The number of thioether (sulfide) groups is 1. The molecule has 0 aromatic carbocycles. The van der Waals surface area contributed by atoms with Gasteiger partial charge in [-0.15, -0.1) is 0 Å². The van der Waals surface area contributed by atoms with E-state index in [1.165, 1.54) is 12.0 Å². The first-order valence-corrected chi connectivity index (χ1v) is 6.14. The molecule has 78 valence electrons. The van der Waals surface area contributed by atoms with Crippen molar-refractivity contribution in [2.24, 2.45) is 5.41 Å². The Morgan fingerprint density at radius 3 is 1.92 bits per heavy atom. The summed E-state index contributed by atoms with van der Waals surface area (Å²) in [6.07, 6.45) is 5.71. The summed E-state index contributed by atoms with van der Waals surface area (Å²) in [4.78, 5) is 0. The van der Waals surface area contributed by atoms with Gasteiger partial charge in [0.2, 0.25) is 0 Å². The molecule has 0 aliphatic heterocycles. The highest BCUT2D eigenvalue weighted by Crippen LogP contribution is 2.43. The van der Waals surface area contributed by atoms with Crippen molar-refractivity contribution in [2.75, 3.05) is 6.26 Å². The molecule has 0 aromatic rings. The fourth-order valence-corrected chi connectivity index (χ4v) is 1.62. The summed E-state index contributed by atoms with van der Waals surface area (Å²) in [5.41, 5.74) is 1.79. The Balaban J connectivity index is 4.48. The molecule has 1 heteroatoms. The molecular formula is C12H24S. The molecule has 0 aliphatic carbocycles. The average Bonchev–Trinajstić information content (AvgIpc) is 2.01. The summed E-state index contributed by atoms with van der Waals surface area (Å²) in [6.45, 7) is 13.7. The van der Waals surface area contributed by atoms with E-state index in [2.05, 4.69) is 53.9 Å². The quantitative estimate of drug-likeness (QED) is 0.602. The molecule has 13 heavy (non-hydrogen) atoms. The second kappa shape index (κ2) is 4.54. The topological polar surface area (TPSA) is 0 Å². The van der Waals surface area contributed by atoms with Crippen molar-refractivity contribution in [3.63, 3.8) is 0 Å². The van der Waals surface area contributed by atoms with E-state index in [0.717, 1.165) is 0 Å². The van der Waals surface area contributed by atoms with Gasteiger partial charge in [0, 0.05) is 4.75 Å². The number of hydrogen-bond acceptors (Lipinski definition) is 1. The third-order valence-electron chi connectivity index (χ3n) is 3.16. The van der Waals surface area contributed by atoms with Gasteiger partial charge in [-0.1, -0.05) is 39.3 Å². The van der Waals surface area contributed by atoms with Crippen molar-refractivity contribution in [3.8, 4) is 0 Å². The first-order chi connectivity index (χ1) is 5.73. The molecule has 0 heterocycles. The minimum Gasteiger partial charge on any atom is -0.159 e. The van der Waals surface area contributed by atoms with Crippen molar-refractivity contribution in [1.29, 1.82) is 0 Å². The largest absolute Gasteiger partial charge is 0.159 e. The van der Waals surface area contributed by atoms with E-state index in [1.807, 2.05) is 11.8 Å². The second-order valence-corrected chi connectivity index (χ2v) is 6.51. The maximum Gasteiger partial charge on any atom is 0.0154 e. The highest BCUT2D eigenvalue weighted by atomic mass is 32.2. The van der Waals surface area contributed by atoms with E-state index in [9.17, 15) is 0 Å². The predicted molar refractivity (Wildman–Crippen MR) is 65.4 cm³/mol. The van der Waals surface area contributed by atoms with Crippen LogP contribution in [0.4, 0.5) is 0 Å². The Kier molecular flexibility index (Phi) is 4.58. The predicted octanol–water partition coefficient (Wildman–Crippen LogP) is 4.51. The van der Waals surface area contributed by atoms with Gasteiger partial charge in [-0.05, 0) is 31.9 Å². The summed E-state index contributed by atoms with van der Waals surface area (Å²) in [5.74, 6) is 0. The number of rotatable bonds is 4. The first-order valence-electron chi connectivity index (χ1n) is 4.91. The van der Waals surface area contributed by atoms with Crippen LogP contribution in [0.5, 0.6) is 0 Å². The first kappa shape index (κ1) is 13.1. The maximum absolute atomic E-state index is 2.35. The van der Waals surface area contributed by atoms with Crippen molar-refractivity contribution in [3.05, 3.63) is 11.6 Å². The van der Waals surface area contributed by atoms with Crippen LogP contribution in [0.1, 0.15) is 48.0 Å². The van der Waals surface area contributed by atoms with Crippen molar-refractivity contribution in [1.82, 2.24) is 0 Å². The van der Waals surface area contributed by atoms with Crippen LogP contribution in [0.3, 0.4) is 0 Å². The van der Waals surface area contributed by atoms with Crippen LogP contribution in [-0.4, -0.2) is 11.0 Å². The van der Waals surface area contributed by atoms with Gasteiger partial charge in [-0.2, -0.15) is 11.8 Å². The molecule has 0 aromatic heterocycles. The molecule has 0 saturated carbocycles. The van der Waals surface area contributed by atoms with E-state index >= 15 is 0 Å². The lowest BCUT2D eigenvalue weighted by atomic mass is 9.77. The van der Waals surface area contributed by atoms with Crippen molar-refractivity contribution < 1.29 is 0 Å². The normalized spacial score (nSPS) is 12.8. The summed E-state index contributed by atoms with van der Waals surface area (Å²) >= 11 is 1.96. The molecule has 0 saturated heterocycles. The summed E-state index contributed by atoms with van der Waals surface area (Å²) in [6, 6.07) is 0. The molecule has 0 radical (unpaired) electrons. The fourth-order valence-electron chi connectivity index (χ4n) is 0.981. The van der Waals surface area contributed by atoms with Gasteiger partial charge in [-0.25, -0.2) is 0 Å². The van der Waals surface area contributed by atoms with Crippen LogP contribution in [0, 0.1) is 5.41 Å². The van der Waals surface area contributed by atoms with Gasteiger partial charge in [0.05, 0.1) is 0 Å². The monoisotopic (exact) mass is 200 g/mol. The molecule has 0 unspecified atom stereocenters. The molecule has 0 atom stereocenters. The highest BCUT2D eigenvalue weighted by Gasteiger charge is 2.34. The zero-order valence-corrected chi connectivity index (χ0v) is 11.0. The zero-order chi connectivity index (χ0) is 10.7. The smallest absolute Gasteiger partial charge is 0.0154 e. The summed E-state index contributed by atoms with van der Waals surface area (Å²) < 4.78 is 0.346. The molecular weight excluding hydrogens is 176 g/mol. The minimum absolute atomic E-state index is 0.346. The Morgan fingerprint density at radius 1 is 1.15 bits per heavy atom. The van der Waals surface area contributed by atoms with E-state index in [-0.39, 0.29) is 0 Å². The molecule has 0 bridgehead atoms. The van der Waals surface area contributed by atoms with Gasteiger partial charge in [0.1, 0.15) is 0 Å². The number of allylic oxidation sites excluding steroid dienone is 2. The van der Waals surface area contributed by atoms with E-state index in [0.29, 0.717) is 10.2 Å². The molecule has 0 N–H and O–H groups in total. The minimum atomic E-state index is 0.346. The van der Waals surface area contributed by atoms with Crippen molar-refractivity contribution in [2.45, 2.75) is 52.7 Å². The second-order valence-electron chi connectivity index (χ2n) is 5.08.